The summed E-state index contributed by atoms with van der Waals surface area (Å²) in [4.78, 5) is 21.5. The molecule has 0 amide bonds. The van der Waals surface area contributed by atoms with Crippen LogP contribution >= 0.6 is 12.4 Å². The highest BCUT2D eigenvalue weighted by molar-refractivity contribution is 5.85. The van der Waals surface area contributed by atoms with Crippen LogP contribution in [0.25, 0.3) is 0 Å². The van der Waals surface area contributed by atoms with Crippen molar-refractivity contribution in [3.8, 4) is 0 Å². The van der Waals surface area contributed by atoms with E-state index in [1.807, 2.05) is 30.3 Å². The molecule has 0 saturated heterocycles. The third-order valence-corrected chi connectivity index (χ3v) is 1.95. The van der Waals surface area contributed by atoms with Gasteiger partial charge >= 0.3 is 11.9 Å². The first kappa shape index (κ1) is 15.4. The van der Waals surface area contributed by atoms with Gasteiger partial charge in [-0.1, -0.05) is 30.3 Å². The Bertz CT molecular complexity index is 369. The summed E-state index contributed by atoms with van der Waals surface area (Å²) in [5.74, 6) is -1.82. The Morgan fingerprint density at radius 1 is 1.29 bits per heavy atom. The molecule has 0 aliphatic carbocycles. The molecule has 0 saturated carbocycles. The summed E-state index contributed by atoms with van der Waals surface area (Å²) in [6.45, 7) is 0.131. The molecule has 5 nitrogen and oxygen atoms in total. The van der Waals surface area contributed by atoms with Crippen molar-refractivity contribution in [2.45, 2.75) is 19.1 Å². The summed E-state index contributed by atoms with van der Waals surface area (Å²) in [6, 6.07) is 7.92. The normalized spacial score (nSPS) is 11.1. The molecule has 1 aromatic rings. The molecule has 0 bridgehead atoms. The summed E-state index contributed by atoms with van der Waals surface area (Å²) in [5, 5.41) is 8.48. The smallest absolute Gasteiger partial charge is 0.321 e. The van der Waals surface area contributed by atoms with E-state index in [9.17, 15) is 9.59 Å². The Morgan fingerprint density at radius 3 is 2.41 bits per heavy atom. The maximum absolute atomic E-state index is 11.2. The number of benzene rings is 1. The van der Waals surface area contributed by atoms with Crippen molar-refractivity contribution in [3.05, 3.63) is 35.9 Å². The molecule has 0 heterocycles. The number of carboxylic acid groups (broad SMARTS) is 1. The van der Waals surface area contributed by atoms with Crippen LogP contribution in [0.4, 0.5) is 0 Å². The lowest BCUT2D eigenvalue weighted by atomic mass is 10.2. The molecule has 1 rings (SSSR count). The number of hydrogen-bond donors (Lipinski definition) is 2. The van der Waals surface area contributed by atoms with Crippen molar-refractivity contribution >= 4 is 24.3 Å². The lowest BCUT2D eigenvalue weighted by Crippen LogP contribution is -2.33. The minimum absolute atomic E-state index is 0. The molecule has 6 heteroatoms. The molecule has 0 aliphatic heterocycles. The van der Waals surface area contributed by atoms with Gasteiger partial charge in [-0.25, -0.2) is 0 Å². The second-order valence-corrected chi connectivity index (χ2v) is 3.30. The maximum atomic E-state index is 11.2. The Hall–Kier alpha value is -1.59. The molecule has 0 radical (unpaired) electrons. The Balaban J connectivity index is 0.00000256. The Morgan fingerprint density at radius 2 is 1.88 bits per heavy atom. The van der Waals surface area contributed by atoms with Crippen molar-refractivity contribution in [3.63, 3.8) is 0 Å². The number of aliphatic carboxylic acids is 1. The second kappa shape index (κ2) is 7.65. The third-order valence-electron chi connectivity index (χ3n) is 1.95. The zero-order valence-corrected chi connectivity index (χ0v) is 9.85. The number of halogens is 1. The molecule has 17 heavy (non-hydrogen) atoms. The third kappa shape index (κ3) is 5.89. The zero-order valence-electron chi connectivity index (χ0n) is 9.04. The van der Waals surface area contributed by atoms with Gasteiger partial charge in [0.2, 0.25) is 0 Å². The molecule has 94 valence electrons. The topological polar surface area (TPSA) is 89.6 Å². The molecule has 0 spiro atoms. The molecule has 1 unspecified atom stereocenters. The van der Waals surface area contributed by atoms with E-state index in [0.717, 1.165) is 5.56 Å². The summed E-state index contributed by atoms with van der Waals surface area (Å²) >= 11 is 0. The average molecular weight is 260 g/mol. The molecule has 1 atom stereocenters. The Labute approximate surface area is 105 Å². The minimum atomic E-state index is -1.21. The van der Waals surface area contributed by atoms with Crippen molar-refractivity contribution < 1.29 is 19.4 Å². The number of hydrogen-bond acceptors (Lipinski definition) is 4. The maximum Gasteiger partial charge on any atom is 0.321 e. The molecular formula is C11H14ClNO4. The van der Waals surface area contributed by atoms with Crippen LogP contribution in [0.2, 0.25) is 0 Å². The molecular weight excluding hydrogens is 246 g/mol. The van der Waals surface area contributed by atoms with Crippen LogP contribution in [0.5, 0.6) is 0 Å². The van der Waals surface area contributed by atoms with E-state index >= 15 is 0 Å². The van der Waals surface area contributed by atoms with Gasteiger partial charge in [0, 0.05) is 0 Å². The highest BCUT2D eigenvalue weighted by Crippen LogP contribution is 2.02. The lowest BCUT2D eigenvalue weighted by Gasteiger charge is -2.07. The van der Waals surface area contributed by atoms with Crippen LogP contribution in [0.1, 0.15) is 12.0 Å². The van der Waals surface area contributed by atoms with E-state index in [1.54, 1.807) is 0 Å². The van der Waals surface area contributed by atoms with Crippen molar-refractivity contribution in [2.24, 2.45) is 5.73 Å². The standard InChI is InChI=1S/C11H13NO4.ClH/c12-9(11(14)15)6-10(13)16-7-8-4-2-1-3-5-8;/h1-5,9H,6-7,12H2,(H,14,15);1H. The summed E-state index contributed by atoms with van der Waals surface area (Å²) < 4.78 is 4.87. The van der Waals surface area contributed by atoms with Crippen LogP contribution in [0.3, 0.4) is 0 Å². The predicted molar refractivity (Wildman–Crippen MR) is 63.7 cm³/mol. The van der Waals surface area contributed by atoms with Gasteiger partial charge in [0.15, 0.2) is 0 Å². The second-order valence-electron chi connectivity index (χ2n) is 3.30. The molecule has 1 aromatic carbocycles. The van der Waals surface area contributed by atoms with Crippen molar-refractivity contribution in [1.82, 2.24) is 0 Å². The highest BCUT2D eigenvalue weighted by atomic mass is 35.5. The quantitative estimate of drug-likeness (QED) is 0.769. The molecule has 0 aromatic heterocycles. The van der Waals surface area contributed by atoms with Gasteiger partial charge in [0.25, 0.3) is 0 Å². The summed E-state index contributed by atoms with van der Waals surface area (Å²) in [7, 11) is 0. The Kier molecular flexibility index (Phi) is 6.93. The molecule has 0 fully saturated rings. The molecule has 0 aliphatic rings. The number of nitrogens with two attached hydrogens (primary N) is 1. The van der Waals surface area contributed by atoms with Gasteiger partial charge in [0.05, 0.1) is 6.42 Å². The van der Waals surface area contributed by atoms with Gasteiger partial charge in [-0.15, -0.1) is 12.4 Å². The monoisotopic (exact) mass is 259 g/mol. The van der Waals surface area contributed by atoms with Crippen LogP contribution in [-0.4, -0.2) is 23.1 Å². The van der Waals surface area contributed by atoms with Crippen LogP contribution in [0, 0.1) is 0 Å². The fourth-order valence-electron chi connectivity index (χ4n) is 1.06. The number of rotatable bonds is 5. The minimum Gasteiger partial charge on any atom is -0.480 e. The van der Waals surface area contributed by atoms with Gasteiger partial charge in [-0.2, -0.15) is 0 Å². The van der Waals surface area contributed by atoms with E-state index in [1.165, 1.54) is 0 Å². The van der Waals surface area contributed by atoms with E-state index < -0.39 is 18.0 Å². The molecule has 3 N–H and O–H groups in total. The van der Waals surface area contributed by atoms with E-state index in [4.69, 9.17) is 15.6 Å². The lowest BCUT2D eigenvalue weighted by molar-refractivity contribution is -0.149. The SMILES string of the molecule is Cl.NC(CC(=O)OCc1ccccc1)C(=O)O. The number of ether oxygens (including phenoxy) is 1. The average Bonchev–Trinajstić information content (AvgIpc) is 2.27. The summed E-state index contributed by atoms with van der Waals surface area (Å²) in [5.41, 5.74) is 6.03. The van der Waals surface area contributed by atoms with E-state index in [-0.39, 0.29) is 25.4 Å². The number of carboxylic acids is 1. The number of esters is 1. The van der Waals surface area contributed by atoms with Crippen molar-refractivity contribution in [1.29, 1.82) is 0 Å². The van der Waals surface area contributed by atoms with Crippen molar-refractivity contribution in [2.75, 3.05) is 0 Å². The largest absolute Gasteiger partial charge is 0.480 e. The first-order valence-corrected chi connectivity index (χ1v) is 4.77. The first-order valence-electron chi connectivity index (χ1n) is 4.77. The van der Waals surface area contributed by atoms with Crippen LogP contribution in [0.15, 0.2) is 30.3 Å². The van der Waals surface area contributed by atoms with E-state index in [0.29, 0.717) is 0 Å². The van der Waals surface area contributed by atoms with Gasteiger partial charge in [0.1, 0.15) is 12.6 Å². The summed E-state index contributed by atoms with van der Waals surface area (Å²) in [6.07, 6.45) is -0.317. The van der Waals surface area contributed by atoms with Gasteiger partial charge in [-0.05, 0) is 5.56 Å². The zero-order chi connectivity index (χ0) is 12.0. The fourth-order valence-corrected chi connectivity index (χ4v) is 1.06. The number of carbonyl (C=O) groups excluding carboxylic acids is 1. The van der Waals surface area contributed by atoms with Gasteiger partial charge in [-0.3, -0.25) is 9.59 Å². The predicted octanol–water partition coefficient (Wildman–Crippen LogP) is 0.954. The number of carbonyl (C=O) groups is 2. The van der Waals surface area contributed by atoms with Gasteiger partial charge < -0.3 is 15.6 Å². The van der Waals surface area contributed by atoms with Crippen LogP contribution < -0.4 is 5.73 Å². The fraction of sp³-hybridized carbons (Fsp3) is 0.273. The van der Waals surface area contributed by atoms with Crippen LogP contribution in [-0.2, 0) is 20.9 Å². The first-order chi connectivity index (χ1) is 7.59. The highest BCUT2D eigenvalue weighted by Gasteiger charge is 2.17. The van der Waals surface area contributed by atoms with E-state index in [2.05, 4.69) is 0 Å².